The minimum absolute atomic E-state index is 0.0121. The number of pyridine rings is 1. The maximum atomic E-state index is 11.7. The molecule has 3 heterocycles. The second kappa shape index (κ2) is 8.64. The van der Waals surface area contributed by atoms with Crippen LogP contribution in [0, 0.1) is 0 Å². The highest BCUT2D eigenvalue weighted by atomic mass is 32.1. The fourth-order valence-corrected chi connectivity index (χ4v) is 4.15. The number of benzene rings is 1. The zero-order valence-electron chi connectivity index (χ0n) is 16.4. The summed E-state index contributed by atoms with van der Waals surface area (Å²) in [5.74, 6) is -0.371. The summed E-state index contributed by atoms with van der Waals surface area (Å²) in [6, 6.07) is 16.7. The van der Waals surface area contributed by atoms with Gasteiger partial charge in [0.1, 0.15) is 0 Å². The van der Waals surface area contributed by atoms with Crippen LogP contribution < -0.4 is 5.32 Å². The molecular weight excluding hydrogens is 400 g/mol. The number of aliphatic hydroxyl groups is 1. The number of nitrogens with zero attached hydrogens (tertiary/aromatic N) is 3. The Morgan fingerprint density at radius 3 is 2.67 bits per heavy atom. The molecule has 2 atom stereocenters. The van der Waals surface area contributed by atoms with Gasteiger partial charge in [0.2, 0.25) is 0 Å². The van der Waals surface area contributed by atoms with Gasteiger partial charge in [0.25, 0.3) is 0 Å². The van der Waals surface area contributed by atoms with Crippen molar-refractivity contribution in [2.75, 3.05) is 20.3 Å². The molecular formula is C22H22N4O3S. The van der Waals surface area contributed by atoms with Gasteiger partial charge < -0.3 is 24.6 Å². The third-order valence-electron chi connectivity index (χ3n) is 5.19. The lowest BCUT2D eigenvalue weighted by Gasteiger charge is -2.28. The number of methoxy groups -OCH3 is 1. The molecule has 0 saturated carbocycles. The monoisotopic (exact) mass is 422 g/mol. The predicted molar refractivity (Wildman–Crippen MR) is 116 cm³/mol. The van der Waals surface area contributed by atoms with E-state index >= 15 is 0 Å². The minimum atomic E-state index is -0.371. The van der Waals surface area contributed by atoms with Crippen LogP contribution in [0.3, 0.4) is 0 Å². The van der Waals surface area contributed by atoms with Crippen molar-refractivity contribution in [3.63, 3.8) is 0 Å². The molecule has 0 amide bonds. The minimum Gasteiger partial charge on any atom is -0.465 e. The summed E-state index contributed by atoms with van der Waals surface area (Å²) >= 11 is 5.57. The highest BCUT2D eigenvalue weighted by Gasteiger charge is 2.40. The van der Waals surface area contributed by atoms with Crippen LogP contribution in [0.25, 0.3) is 5.69 Å². The summed E-state index contributed by atoms with van der Waals surface area (Å²) in [5, 5.41) is 13.6. The van der Waals surface area contributed by atoms with E-state index in [1.54, 1.807) is 18.3 Å². The second-order valence-electron chi connectivity index (χ2n) is 6.89. The molecule has 4 rings (SSSR count). The van der Waals surface area contributed by atoms with Crippen LogP contribution >= 0.6 is 12.2 Å². The van der Waals surface area contributed by atoms with Crippen LogP contribution in [-0.4, -0.2) is 50.9 Å². The van der Waals surface area contributed by atoms with Gasteiger partial charge in [-0.3, -0.25) is 4.98 Å². The van der Waals surface area contributed by atoms with Gasteiger partial charge in [-0.1, -0.05) is 6.07 Å². The SMILES string of the molecule is COC(=O)c1ccc(-n2cccc2[C@@H]2[C@H](c3ccccn3)NC(=S)N2CCO)cc1. The second-order valence-corrected chi connectivity index (χ2v) is 7.27. The molecule has 1 aliphatic rings. The van der Waals surface area contributed by atoms with E-state index in [1.807, 2.05) is 53.6 Å². The van der Waals surface area contributed by atoms with Crippen molar-refractivity contribution in [2.24, 2.45) is 0 Å². The van der Waals surface area contributed by atoms with Crippen molar-refractivity contribution >= 4 is 23.3 Å². The van der Waals surface area contributed by atoms with E-state index in [1.165, 1.54) is 7.11 Å². The van der Waals surface area contributed by atoms with Crippen molar-refractivity contribution in [3.8, 4) is 5.69 Å². The summed E-state index contributed by atoms with van der Waals surface area (Å²) < 4.78 is 6.84. The van der Waals surface area contributed by atoms with Gasteiger partial charge in [-0.2, -0.15) is 0 Å². The van der Waals surface area contributed by atoms with Gasteiger partial charge in [0, 0.05) is 30.3 Å². The maximum absolute atomic E-state index is 11.7. The molecule has 1 fully saturated rings. The van der Waals surface area contributed by atoms with Crippen molar-refractivity contribution in [3.05, 3.63) is 83.9 Å². The van der Waals surface area contributed by atoms with Crippen LogP contribution in [0.4, 0.5) is 0 Å². The van der Waals surface area contributed by atoms with Crippen molar-refractivity contribution in [1.29, 1.82) is 0 Å². The molecule has 0 bridgehead atoms. The molecule has 0 radical (unpaired) electrons. The highest BCUT2D eigenvalue weighted by molar-refractivity contribution is 7.80. The maximum Gasteiger partial charge on any atom is 0.337 e. The van der Waals surface area contributed by atoms with Gasteiger partial charge in [0.15, 0.2) is 5.11 Å². The van der Waals surface area contributed by atoms with E-state index in [0.29, 0.717) is 17.2 Å². The van der Waals surface area contributed by atoms with Crippen LogP contribution in [-0.2, 0) is 4.74 Å². The molecule has 0 unspecified atom stereocenters. The number of hydrogen-bond acceptors (Lipinski definition) is 5. The average Bonchev–Trinajstić information content (AvgIpc) is 3.39. The quantitative estimate of drug-likeness (QED) is 0.467. The third kappa shape index (κ3) is 3.67. The topological polar surface area (TPSA) is 79.6 Å². The lowest BCUT2D eigenvalue weighted by atomic mass is 10.0. The van der Waals surface area contributed by atoms with E-state index < -0.39 is 0 Å². The van der Waals surface area contributed by atoms with Crippen molar-refractivity contribution < 1.29 is 14.6 Å². The van der Waals surface area contributed by atoms with Crippen LogP contribution in [0.5, 0.6) is 0 Å². The number of carbonyl (C=O) groups excluding carboxylic acids is 1. The molecule has 0 aliphatic carbocycles. The number of β-amino-alcohol motifs (C(OH)–C–C–N with tert-alkyl or cyclic N) is 1. The molecule has 1 aliphatic heterocycles. The number of nitrogens with one attached hydrogen (secondary N) is 1. The van der Waals surface area contributed by atoms with Gasteiger partial charge in [0.05, 0.1) is 37.1 Å². The normalized spacial score (nSPS) is 18.3. The Bertz CT molecular complexity index is 1040. The summed E-state index contributed by atoms with van der Waals surface area (Å²) in [6.07, 6.45) is 3.73. The molecule has 1 aromatic carbocycles. The van der Waals surface area contributed by atoms with Crippen molar-refractivity contribution in [2.45, 2.75) is 12.1 Å². The van der Waals surface area contributed by atoms with Gasteiger partial charge >= 0.3 is 5.97 Å². The lowest BCUT2D eigenvalue weighted by molar-refractivity contribution is 0.0600. The van der Waals surface area contributed by atoms with E-state index in [-0.39, 0.29) is 24.7 Å². The number of ether oxygens (including phenoxy) is 1. The van der Waals surface area contributed by atoms with Crippen LogP contribution in [0.1, 0.15) is 33.8 Å². The number of esters is 1. The Morgan fingerprint density at radius 2 is 2.00 bits per heavy atom. The molecule has 0 spiro atoms. The molecule has 8 heteroatoms. The number of rotatable bonds is 6. The Morgan fingerprint density at radius 1 is 1.20 bits per heavy atom. The van der Waals surface area contributed by atoms with E-state index in [4.69, 9.17) is 17.0 Å². The number of aliphatic hydroxyl groups excluding tert-OH is 1. The highest BCUT2D eigenvalue weighted by Crippen LogP contribution is 2.39. The summed E-state index contributed by atoms with van der Waals surface area (Å²) in [4.78, 5) is 18.3. The third-order valence-corrected chi connectivity index (χ3v) is 5.54. The lowest BCUT2D eigenvalue weighted by Crippen LogP contribution is -2.32. The van der Waals surface area contributed by atoms with Crippen LogP contribution in [0.2, 0.25) is 0 Å². The molecule has 7 nitrogen and oxygen atoms in total. The first kappa shape index (κ1) is 20.1. The standard InChI is InChI=1S/C22H22N4O3S/c1-29-21(28)15-7-9-16(10-8-15)25-12-4-6-18(25)20-19(17-5-2-3-11-23-17)24-22(30)26(20)13-14-27/h2-12,19-20,27H,13-14H2,1H3,(H,24,30)/t19-,20+/m0/s1. The summed E-state index contributed by atoms with van der Waals surface area (Å²) in [7, 11) is 1.36. The number of aromatic nitrogens is 2. The fourth-order valence-electron chi connectivity index (χ4n) is 3.82. The van der Waals surface area contributed by atoms with E-state index in [2.05, 4.69) is 14.9 Å². The molecule has 3 aromatic rings. The fraction of sp³-hybridized carbons (Fsp3) is 0.227. The first-order valence-electron chi connectivity index (χ1n) is 9.59. The Kier molecular flexibility index (Phi) is 5.78. The largest absolute Gasteiger partial charge is 0.465 e. The molecule has 1 saturated heterocycles. The molecule has 2 aromatic heterocycles. The summed E-state index contributed by atoms with van der Waals surface area (Å²) in [6.45, 7) is 0.397. The average molecular weight is 423 g/mol. The first-order chi connectivity index (χ1) is 14.6. The first-order valence-corrected chi connectivity index (χ1v) is 10.00. The predicted octanol–water partition coefficient (Wildman–Crippen LogP) is 2.62. The number of carbonyl (C=O) groups is 1. The van der Waals surface area contributed by atoms with E-state index in [0.717, 1.165) is 17.1 Å². The zero-order valence-corrected chi connectivity index (χ0v) is 17.2. The van der Waals surface area contributed by atoms with Gasteiger partial charge in [-0.15, -0.1) is 0 Å². The smallest absolute Gasteiger partial charge is 0.337 e. The Balaban J connectivity index is 1.75. The zero-order chi connectivity index (χ0) is 21.1. The Hall–Kier alpha value is -3.23. The van der Waals surface area contributed by atoms with Gasteiger partial charge in [-0.05, 0) is 60.7 Å². The molecule has 30 heavy (non-hydrogen) atoms. The summed E-state index contributed by atoms with van der Waals surface area (Å²) in [5.41, 5.74) is 3.27. The molecule has 154 valence electrons. The number of hydrogen-bond donors (Lipinski definition) is 2. The Labute approximate surface area is 179 Å². The van der Waals surface area contributed by atoms with E-state index in [9.17, 15) is 9.90 Å². The number of thiocarbonyl (C=S) groups is 1. The molecule has 2 N–H and O–H groups in total. The van der Waals surface area contributed by atoms with Crippen molar-refractivity contribution in [1.82, 2.24) is 19.8 Å². The van der Waals surface area contributed by atoms with Crippen LogP contribution in [0.15, 0.2) is 67.0 Å². The van der Waals surface area contributed by atoms with Gasteiger partial charge in [-0.25, -0.2) is 4.79 Å².